The summed E-state index contributed by atoms with van der Waals surface area (Å²) in [5, 5.41) is 3.54. The number of hydrogen-bond donors (Lipinski definition) is 1. The van der Waals surface area contributed by atoms with Crippen molar-refractivity contribution in [2.24, 2.45) is 5.41 Å². The zero-order chi connectivity index (χ0) is 15.0. The van der Waals surface area contributed by atoms with Gasteiger partial charge in [-0.2, -0.15) is 0 Å². The quantitative estimate of drug-likeness (QED) is 0.892. The van der Waals surface area contributed by atoms with E-state index in [1.807, 2.05) is 0 Å². The molecule has 0 saturated carbocycles. The molecule has 0 radical (unpaired) electrons. The van der Waals surface area contributed by atoms with Gasteiger partial charge in [-0.25, -0.2) is 4.39 Å². The molecular formula is C18H20FNO. The second kappa shape index (κ2) is 5.06. The second-order valence-electron chi connectivity index (χ2n) is 6.29. The molecule has 0 amide bonds. The third kappa shape index (κ3) is 2.48. The van der Waals surface area contributed by atoms with Crippen LogP contribution in [-0.4, -0.2) is 7.11 Å². The standard InChI is InChI=1S/C18H20FNO/c1-18(2)11-12-6-4-5-7-14(12)17(18)20-13-8-9-15(19)16(10-13)21-3/h4-10,17,20H,11H2,1-3H3. The van der Waals surface area contributed by atoms with Crippen molar-refractivity contribution >= 4 is 5.69 Å². The number of fused-ring (bicyclic) bond motifs is 1. The first-order valence-electron chi connectivity index (χ1n) is 7.19. The molecule has 0 aromatic heterocycles. The van der Waals surface area contributed by atoms with Crippen molar-refractivity contribution in [3.8, 4) is 5.75 Å². The van der Waals surface area contributed by atoms with Gasteiger partial charge in [0.05, 0.1) is 13.2 Å². The molecule has 1 aliphatic carbocycles. The molecule has 2 aromatic rings. The first-order chi connectivity index (χ1) is 10.0. The highest BCUT2D eigenvalue weighted by Gasteiger charge is 2.38. The Labute approximate surface area is 125 Å². The molecule has 0 spiro atoms. The molecule has 21 heavy (non-hydrogen) atoms. The third-order valence-electron chi connectivity index (χ3n) is 4.26. The van der Waals surface area contributed by atoms with Gasteiger partial charge in [-0.1, -0.05) is 38.1 Å². The monoisotopic (exact) mass is 285 g/mol. The minimum absolute atomic E-state index is 0.116. The molecule has 3 rings (SSSR count). The van der Waals surface area contributed by atoms with Gasteiger partial charge in [-0.15, -0.1) is 0 Å². The molecule has 0 saturated heterocycles. The average Bonchev–Trinajstić information content (AvgIpc) is 2.71. The Morgan fingerprint density at radius 1 is 1.19 bits per heavy atom. The van der Waals surface area contributed by atoms with Crippen LogP contribution in [0.5, 0.6) is 5.75 Å². The Bertz CT molecular complexity index is 666. The smallest absolute Gasteiger partial charge is 0.165 e. The molecule has 3 heteroatoms. The zero-order valence-corrected chi connectivity index (χ0v) is 12.6. The van der Waals surface area contributed by atoms with Crippen LogP contribution < -0.4 is 10.1 Å². The summed E-state index contributed by atoms with van der Waals surface area (Å²) in [4.78, 5) is 0. The Morgan fingerprint density at radius 2 is 1.95 bits per heavy atom. The molecule has 1 atom stereocenters. The fourth-order valence-corrected chi connectivity index (χ4v) is 3.18. The van der Waals surface area contributed by atoms with Gasteiger partial charge < -0.3 is 10.1 Å². The lowest BCUT2D eigenvalue weighted by molar-refractivity contribution is 0.337. The van der Waals surface area contributed by atoms with Crippen LogP contribution in [0.4, 0.5) is 10.1 Å². The highest BCUT2D eigenvalue weighted by molar-refractivity contribution is 5.53. The minimum Gasteiger partial charge on any atom is -0.494 e. The fraction of sp³-hybridized carbons (Fsp3) is 0.333. The van der Waals surface area contributed by atoms with Gasteiger partial charge in [0.2, 0.25) is 0 Å². The van der Waals surface area contributed by atoms with Crippen molar-refractivity contribution in [3.05, 3.63) is 59.4 Å². The summed E-state index contributed by atoms with van der Waals surface area (Å²) in [7, 11) is 1.48. The summed E-state index contributed by atoms with van der Waals surface area (Å²) in [6.07, 6.45) is 1.04. The van der Waals surface area contributed by atoms with Crippen molar-refractivity contribution in [3.63, 3.8) is 0 Å². The molecule has 0 aliphatic heterocycles. The van der Waals surface area contributed by atoms with E-state index in [1.165, 1.54) is 24.3 Å². The third-order valence-corrected chi connectivity index (χ3v) is 4.26. The van der Waals surface area contributed by atoms with Crippen LogP contribution in [0.3, 0.4) is 0 Å². The predicted molar refractivity (Wildman–Crippen MR) is 83.2 cm³/mol. The van der Waals surface area contributed by atoms with Crippen LogP contribution in [0.25, 0.3) is 0 Å². The molecule has 1 unspecified atom stereocenters. The number of anilines is 1. The number of benzene rings is 2. The van der Waals surface area contributed by atoms with Crippen LogP contribution in [-0.2, 0) is 6.42 Å². The number of nitrogens with one attached hydrogen (secondary N) is 1. The Balaban J connectivity index is 1.93. The van der Waals surface area contributed by atoms with E-state index in [0.29, 0.717) is 0 Å². The highest BCUT2D eigenvalue weighted by Crippen LogP contribution is 2.46. The zero-order valence-electron chi connectivity index (χ0n) is 12.6. The largest absolute Gasteiger partial charge is 0.494 e. The Hall–Kier alpha value is -2.03. The molecule has 2 nitrogen and oxygen atoms in total. The summed E-state index contributed by atoms with van der Waals surface area (Å²) >= 11 is 0. The lowest BCUT2D eigenvalue weighted by Gasteiger charge is -2.29. The van der Waals surface area contributed by atoms with Gasteiger partial charge in [-0.3, -0.25) is 0 Å². The molecular weight excluding hydrogens is 265 g/mol. The van der Waals surface area contributed by atoms with Crippen LogP contribution in [0.2, 0.25) is 0 Å². The molecule has 0 heterocycles. The minimum atomic E-state index is -0.339. The summed E-state index contributed by atoms with van der Waals surface area (Å²) in [5.41, 5.74) is 3.70. The Kier molecular flexibility index (Phi) is 3.36. The maximum absolute atomic E-state index is 13.5. The van der Waals surface area contributed by atoms with E-state index in [0.717, 1.165) is 12.1 Å². The number of hydrogen-bond acceptors (Lipinski definition) is 2. The van der Waals surface area contributed by atoms with E-state index in [-0.39, 0.29) is 23.0 Å². The van der Waals surface area contributed by atoms with E-state index < -0.39 is 0 Å². The first kappa shape index (κ1) is 13.9. The number of halogens is 1. The van der Waals surface area contributed by atoms with Crippen LogP contribution in [0.1, 0.15) is 31.0 Å². The van der Waals surface area contributed by atoms with Gasteiger partial charge in [0.1, 0.15) is 0 Å². The second-order valence-corrected chi connectivity index (χ2v) is 6.29. The highest BCUT2D eigenvalue weighted by atomic mass is 19.1. The van der Waals surface area contributed by atoms with Gasteiger partial charge in [0.15, 0.2) is 11.6 Å². The summed E-state index contributed by atoms with van der Waals surface area (Å²) in [5.74, 6) is -0.0711. The normalized spacial score (nSPS) is 19.1. The van der Waals surface area contributed by atoms with Crippen molar-refractivity contribution < 1.29 is 9.13 Å². The molecule has 0 fully saturated rings. The van der Waals surface area contributed by atoms with Crippen LogP contribution in [0.15, 0.2) is 42.5 Å². The molecule has 0 bridgehead atoms. The van der Waals surface area contributed by atoms with E-state index in [9.17, 15) is 4.39 Å². The molecule has 2 aromatic carbocycles. The SMILES string of the molecule is COc1cc(NC2c3ccccc3CC2(C)C)ccc1F. The van der Waals surface area contributed by atoms with Gasteiger partial charge in [-0.05, 0) is 35.1 Å². The Morgan fingerprint density at radius 3 is 2.71 bits per heavy atom. The van der Waals surface area contributed by atoms with E-state index >= 15 is 0 Å². The van der Waals surface area contributed by atoms with Gasteiger partial charge in [0.25, 0.3) is 0 Å². The van der Waals surface area contributed by atoms with Crippen molar-refractivity contribution in [2.75, 3.05) is 12.4 Å². The maximum atomic E-state index is 13.5. The van der Waals surface area contributed by atoms with Gasteiger partial charge >= 0.3 is 0 Å². The summed E-state index contributed by atoms with van der Waals surface area (Å²) in [6, 6.07) is 13.6. The van der Waals surface area contributed by atoms with E-state index in [2.05, 4.69) is 43.4 Å². The first-order valence-corrected chi connectivity index (χ1v) is 7.19. The van der Waals surface area contributed by atoms with Gasteiger partial charge in [0, 0.05) is 11.8 Å². The molecule has 1 N–H and O–H groups in total. The van der Waals surface area contributed by atoms with Crippen LogP contribution in [0, 0.1) is 11.2 Å². The predicted octanol–water partition coefficient (Wildman–Crippen LogP) is 4.57. The van der Waals surface area contributed by atoms with Crippen molar-refractivity contribution in [1.29, 1.82) is 0 Å². The lowest BCUT2D eigenvalue weighted by atomic mass is 9.85. The average molecular weight is 285 g/mol. The fourth-order valence-electron chi connectivity index (χ4n) is 3.18. The number of methoxy groups -OCH3 is 1. The number of rotatable bonds is 3. The van der Waals surface area contributed by atoms with E-state index in [4.69, 9.17) is 4.74 Å². The molecule has 110 valence electrons. The lowest BCUT2D eigenvalue weighted by Crippen LogP contribution is -2.24. The van der Waals surface area contributed by atoms with Crippen molar-refractivity contribution in [1.82, 2.24) is 0 Å². The van der Waals surface area contributed by atoms with Crippen LogP contribution >= 0.6 is 0 Å². The van der Waals surface area contributed by atoms with E-state index in [1.54, 1.807) is 12.1 Å². The number of ether oxygens (including phenoxy) is 1. The topological polar surface area (TPSA) is 21.3 Å². The molecule has 1 aliphatic rings. The maximum Gasteiger partial charge on any atom is 0.165 e. The summed E-state index contributed by atoms with van der Waals surface area (Å²) < 4.78 is 18.6. The summed E-state index contributed by atoms with van der Waals surface area (Å²) in [6.45, 7) is 4.51. The van der Waals surface area contributed by atoms with Crippen molar-refractivity contribution in [2.45, 2.75) is 26.3 Å².